The van der Waals surface area contributed by atoms with E-state index in [1.54, 1.807) is 0 Å². The number of aromatic hydroxyl groups is 1. The normalized spacial score (nSPS) is 28.1. The van der Waals surface area contributed by atoms with Gasteiger partial charge in [-0.1, -0.05) is 18.1 Å². The molecule has 2 aromatic carbocycles. The molecule has 52 heavy (non-hydrogen) atoms. The van der Waals surface area contributed by atoms with E-state index in [9.17, 15) is 42.3 Å². The number of carboxylic acids is 1. The zero-order chi connectivity index (χ0) is 38.2. The van der Waals surface area contributed by atoms with Crippen LogP contribution in [0.15, 0.2) is 23.8 Å². The first-order valence-electron chi connectivity index (χ1n) is 16.0. The van der Waals surface area contributed by atoms with Crippen LogP contribution in [0.3, 0.4) is 0 Å². The van der Waals surface area contributed by atoms with Crippen LogP contribution >= 0.6 is 23.2 Å². The SMILES string of the molecule is COc1cc(O)cc(OC)c1C1C2=CCC3C(=O)N(CCCCCC(=O)O)C(=O)C3C2CC2(Cl)C(=O)N(c3c(F)c(F)c(F)c(F)c3F)C(=O)C12Cl. The number of methoxy groups -OCH3 is 2. The summed E-state index contributed by atoms with van der Waals surface area (Å²) in [7, 11) is 2.35. The number of carboxylic acid groups (broad SMARTS) is 1. The first-order valence-corrected chi connectivity index (χ1v) is 16.7. The number of phenolic OH excluding ortho intramolecular Hbond substituents is 1. The van der Waals surface area contributed by atoms with Gasteiger partial charge in [-0.3, -0.25) is 28.9 Å². The summed E-state index contributed by atoms with van der Waals surface area (Å²) < 4.78 is 84.6. The molecule has 2 aliphatic carbocycles. The van der Waals surface area contributed by atoms with Crippen molar-refractivity contribution in [3.05, 3.63) is 58.4 Å². The lowest BCUT2D eigenvalue weighted by molar-refractivity contribution is -0.141. The fraction of sp³-hybridized carbons (Fsp3) is 0.441. The molecular formula is C34H29Cl2F5N2O9. The number of alkyl halides is 2. The van der Waals surface area contributed by atoms with Gasteiger partial charge in [-0.25, -0.2) is 26.9 Å². The number of likely N-dealkylation sites (tertiary alicyclic amines) is 1. The number of allylic oxidation sites excluding steroid dienone is 2. The number of benzene rings is 2. The lowest BCUT2D eigenvalue weighted by Crippen LogP contribution is -2.60. The summed E-state index contributed by atoms with van der Waals surface area (Å²) in [6.45, 7) is -0.0493. The summed E-state index contributed by atoms with van der Waals surface area (Å²) in [6, 6.07) is 2.20. The largest absolute Gasteiger partial charge is 0.508 e. The highest BCUT2D eigenvalue weighted by atomic mass is 35.5. The molecule has 6 rings (SSSR count). The van der Waals surface area contributed by atoms with Crippen LogP contribution in [0.2, 0.25) is 0 Å². The van der Waals surface area contributed by atoms with Gasteiger partial charge in [0.1, 0.15) is 22.9 Å². The van der Waals surface area contributed by atoms with Crippen molar-refractivity contribution >= 4 is 58.5 Å². The highest BCUT2D eigenvalue weighted by Gasteiger charge is 2.77. The van der Waals surface area contributed by atoms with Gasteiger partial charge in [-0.2, -0.15) is 0 Å². The molecule has 11 nitrogen and oxygen atoms in total. The van der Waals surface area contributed by atoms with E-state index in [0.29, 0.717) is 12.8 Å². The first kappa shape index (κ1) is 37.3. The second-order valence-electron chi connectivity index (χ2n) is 13.0. The van der Waals surface area contributed by atoms with Gasteiger partial charge >= 0.3 is 5.97 Å². The third-order valence-corrected chi connectivity index (χ3v) is 11.8. The predicted octanol–water partition coefficient (Wildman–Crippen LogP) is 5.31. The van der Waals surface area contributed by atoms with Gasteiger partial charge in [-0.05, 0) is 31.6 Å². The number of rotatable bonds is 10. The number of aliphatic carboxylic acids is 1. The number of imide groups is 2. The summed E-state index contributed by atoms with van der Waals surface area (Å²) >= 11 is 14.3. The number of phenols is 1. The predicted molar refractivity (Wildman–Crippen MR) is 170 cm³/mol. The molecule has 0 aromatic heterocycles. The average molecular weight is 776 g/mol. The Hall–Kier alpha value is -4.44. The van der Waals surface area contributed by atoms with Crippen molar-refractivity contribution in [2.45, 2.75) is 54.2 Å². The van der Waals surface area contributed by atoms with Crippen LogP contribution in [0.5, 0.6) is 17.2 Å². The highest BCUT2D eigenvalue weighted by molar-refractivity contribution is 6.58. The number of fused-ring (bicyclic) bond motifs is 4. The molecule has 3 fully saturated rings. The monoisotopic (exact) mass is 774 g/mol. The third kappa shape index (κ3) is 5.15. The summed E-state index contributed by atoms with van der Waals surface area (Å²) in [5.41, 5.74) is -1.87. The summed E-state index contributed by atoms with van der Waals surface area (Å²) in [4.78, 5) is 62.6. The van der Waals surface area contributed by atoms with Crippen LogP contribution < -0.4 is 14.4 Å². The van der Waals surface area contributed by atoms with E-state index in [2.05, 4.69) is 0 Å². The lowest BCUT2D eigenvalue weighted by atomic mass is 9.56. The van der Waals surface area contributed by atoms with Gasteiger partial charge in [0.2, 0.25) is 17.6 Å². The second kappa shape index (κ2) is 13.2. The van der Waals surface area contributed by atoms with Crippen LogP contribution in [0.25, 0.3) is 0 Å². The molecule has 0 spiro atoms. The fourth-order valence-corrected chi connectivity index (χ4v) is 9.02. The highest BCUT2D eigenvalue weighted by Crippen LogP contribution is 2.67. The Bertz CT molecular complexity index is 1930. The molecule has 0 bridgehead atoms. The molecule has 6 atom stereocenters. The number of amides is 4. The van der Waals surface area contributed by atoms with Crippen LogP contribution in [-0.2, 0) is 24.0 Å². The zero-order valence-electron chi connectivity index (χ0n) is 27.3. The van der Waals surface area contributed by atoms with Gasteiger partial charge in [0, 0.05) is 36.6 Å². The summed E-state index contributed by atoms with van der Waals surface area (Å²) in [6.07, 6.45) is 1.59. The average Bonchev–Trinajstić information content (AvgIpc) is 3.43. The fourth-order valence-electron chi connectivity index (χ4n) is 8.10. The van der Waals surface area contributed by atoms with Gasteiger partial charge in [0.25, 0.3) is 11.8 Å². The standard InChI is InChI=1S/C34H29Cl2F5N2O9/c1-51-17-10-13(44)11-18(52-2)21(17)22-14-7-8-15-20(30(48)42(29(15)47)9-5-3-4-6-19(45)46)16(14)12-33(35)31(49)43(32(50)34(22,33)36)28-26(40)24(38)23(37)25(39)27(28)41/h7,10-11,15-16,20,22,44H,3-6,8-9,12H2,1-2H3,(H,45,46). The van der Waals surface area contributed by atoms with Gasteiger partial charge in [0.15, 0.2) is 33.0 Å². The molecular weight excluding hydrogens is 746 g/mol. The molecule has 2 N–H and O–H groups in total. The van der Waals surface area contributed by atoms with E-state index < -0.39 is 110 Å². The molecule has 278 valence electrons. The van der Waals surface area contributed by atoms with E-state index in [1.165, 1.54) is 20.3 Å². The van der Waals surface area contributed by atoms with E-state index in [-0.39, 0.29) is 53.3 Å². The van der Waals surface area contributed by atoms with Crippen molar-refractivity contribution < 1.29 is 65.6 Å². The quantitative estimate of drug-likeness (QED) is 0.0623. The van der Waals surface area contributed by atoms with Crippen LogP contribution in [0.4, 0.5) is 27.6 Å². The minimum atomic E-state index is -2.83. The molecule has 18 heteroatoms. The maximum atomic E-state index is 15.3. The maximum absolute atomic E-state index is 15.3. The Morgan fingerprint density at radius 1 is 0.865 bits per heavy atom. The Balaban J connectivity index is 1.53. The molecule has 6 unspecified atom stereocenters. The van der Waals surface area contributed by atoms with Crippen molar-refractivity contribution in [1.82, 2.24) is 4.90 Å². The van der Waals surface area contributed by atoms with E-state index in [0.717, 1.165) is 17.0 Å². The molecule has 2 aliphatic heterocycles. The van der Waals surface area contributed by atoms with Crippen molar-refractivity contribution in [3.63, 3.8) is 0 Å². The number of hydrogen-bond donors (Lipinski definition) is 2. The summed E-state index contributed by atoms with van der Waals surface area (Å²) in [5, 5.41) is 19.3. The van der Waals surface area contributed by atoms with Crippen LogP contribution in [0, 0.1) is 46.8 Å². The molecule has 1 saturated carbocycles. The number of hydrogen-bond acceptors (Lipinski definition) is 8. The molecule has 0 radical (unpaired) electrons. The minimum absolute atomic E-state index is 0.0493. The third-order valence-electron chi connectivity index (χ3n) is 10.4. The number of nitrogens with zero attached hydrogens (tertiary/aromatic N) is 2. The molecule has 2 heterocycles. The second-order valence-corrected chi connectivity index (χ2v) is 14.2. The number of ether oxygens (including phenoxy) is 2. The Labute approximate surface area is 301 Å². The Morgan fingerprint density at radius 3 is 2.00 bits per heavy atom. The molecule has 2 aromatic rings. The van der Waals surface area contributed by atoms with Gasteiger partial charge in [-0.15, -0.1) is 23.2 Å². The molecule has 4 amide bonds. The number of anilines is 1. The maximum Gasteiger partial charge on any atom is 0.303 e. The lowest BCUT2D eigenvalue weighted by Gasteiger charge is -2.51. The first-order chi connectivity index (χ1) is 24.5. The van der Waals surface area contributed by atoms with Crippen molar-refractivity contribution in [2.24, 2.45) is 17.8 Å². The number of carbonyl (C=O) groups excluding carboxylic acids is 4. The van der Waals surface area contributed by atoms with Gasteiger partial charge < -0.3 is 19.7 Å². The summed E-state index contributed by atoms with van der Waals surface area (Å²) in [5.74, 6) is -23.8. The van der Waals surface area contributed by atoms with Gasteiger partial charge in [0.05, 0.1) is 26.1 Å². The van der Waals surface area contributed by atoms with Crippen molar-refractivity contribution in [3.8, 4) is 17.2 Å². The zero-order valence-corrected chi connectivity index (χ0v) is 28.8. The van der Waals surface area contributed by atoms with Crippen molar-refractivity contribution in [2.75, 3.05) is 25.7 Å². The van der Waals surface area contributed by atoms with Crippen LogP contribution in [-0.4, -0.2) is 75.2 Å². The van der Waals surface area contributed by atoms with E-state index in [1.807, 2.05) is 0 Å². The minimum Gasteiger partial charge on any atom is -0.508 e. The smallest absolute Gasteiger partial charge is 0.303 e. The number of halogens is 7. The number of carbonyl (C=O) groups is 5. The van der Waals surface area contributed by atoms with Crippen LogP contribution in [0.1, 0.15) is 50.0 Å². The molecule has 4 aliphatic rings. The topological polar surface area (TPSA) is 151 Å². The Morgan fingerprint density at radius 2 is 1.44 bits per heavy atom. The molecule has 2 saturated heterocycles. The number of unbranched alkanes of at least 4 members (excludes halogenated alkanes) is 2. The Kier molecular flexibility index (Phi) is 9.48. The van der Waals surface area contributed by atoms with E-state index >= 15 is 8.78 Å². The van der Waals surface area contributed by atoms with Crippen molar-refractivity contribution in [1.29, 1.82) is 0 Å². The van der Waals surface area contributed by atoms with E-state index in [4.69, 9.17) is 37.8 Å².